The summed E-state index contributed by atoms with van der Waals surface area (Å²) < 4.78 is 0.974. The zero-order valence-corrected chi connectivity index (χ0v) is 12.8. The molecule has 0 radical (unpaired) electrons. The van der Waals surface area contributed by atoms with E-state index in [4.69, 9.17) is 11.6 Å². The van der Waals surface area contributed by atoms with E-state index in [1.807, 2.05) is 12.1 Å². The highest BCUT2D eigenvalue weighted by Crippen LogP contribution is 2.48. The third-order valence-corrected chi connectivity index (χ3v) is 5.38. The Morgan fingerprint density at radius 3 is 2.44 bits per heavy atom. The summed E-state index contributed by atoms with van der Waals surface area (Å²) in [5, 5.41) is 4.42. The van der Waals surface area contributed by atoms with Crippen molar-refractivity contribution in [2.45, 2.75) is 32.2 Å². The molecule has 2 aliphatic carbocycles. The van der Waals surface area contributed by atoms with Gasteiger partial charge in [0.25, 0.3) is 0 Å². The molecule has 98 valence electrons. The highest BCUT2D eigenvalue weighted by Gasteiger charge is 2.40. The van der Waals surface area contributed by atoms with Crippen molar-refractivity contribution in [3.8, 4) is 0 Å². The molecule has 0 aliphatic heterocycles. The van der Waals surface area contributed by atoms with Crippen LogP contribution in [0.15, 0.2) is 22.7 Å². The lowest BCUT2D eigenvalue weighted by Gasteiger charge is -2.16. The number of nitrogens with one attached hydrogen (secondary N) is 1. The van der Waals surface area contributed by atoms with E-state index >= 15 is 0 Å². The predicted molar refractivity (Wildman–Crippen MR) is 79.8 cm³/mol. The van der Waals surface area contributed by atoms with Crippen LogP contribution in [0.25, 0.3) is 0 Å². The van der Waals surface area contributed by atoms with Gasteiger partial charge in [0.2, 0.25) is 0 Å². The smallest absolute Gasteiger partial charge is 0.0551 e. The van der Waals surface area contributed by atoms with Gasteiger partial charge in [-0.3, -0.25) is 0 Å². The van der Waals surface area contributed by atoms with E-state index in [9.17, 15) is 0 Å². The van der Waals surface area contributed by atoms with Crippen LogP contribution in [0.2, 0.25) is 5.02 Å². The van der Waals surface area contributed by atoms with Gasteiger partial charge < -0.3 is 5.32 Å². The maximum atomic E-state index is 6.10. The van der Waals surface area contributed by atoms with E-state index in [0.29, 0.717) is 0 Å². The van der Waals surface area contributed by atoms with Crippen LogP contribution in [0.1, 0.15) is 31.2 Å². The summed E-state index contributed by atoms with van der Waals surface area (Å²) in [5.74, 6) is 2.99. The Balaban J connectivity index is 1.49. The molecule has 1 N–H and O–H groups in total. The van der Waals surface area contributed by atoms with Gasteiger partial charge in [0, 0.05) is 11.0 Å². The molecular formula is C15H19BrClN. The number of rotatable bonds is 6. The van der Waals surface area contributed by atoms with Crippen molar-refractivity contribution < 1.29 is 0 Å². The Morgan fingerprint density at radius 1 is 1.22 bits per heavy atom. The minimum Gasteiger partial charge on any atom is -0.312 e. The van der Waals surface area contributed by atoms with Crippen LogP contribution in [-0.2, 0) is 6.54 Å². The minimum absolute atomic E-state index is 0.801. The normalized spacial score (nSPS) is 19.5. The molecule has 1 nitrogen and oxygen atoms in total. The van der Waals surface area contributed by atoms with Crippen LogP contribution in [0.5, 0.6) is 0 Å². The fourth-order valence-corrected chi connectivity index (χ4v) is 3.25. The van der Waals surface area contributed by atoms with Crippen LogP contribution in [0, 0.1) is 17.8 Å². The van der Waals surface area contributed by atoms with Gasteiger partial charge in [-0.25, -0.2) is 0 Å². The van der Waals surface area contributed by atoms with Crippen LogP contribution in [0.4, 0.5) is 0 Å². The quantitative estimate of drug-likeness (QED) is 0.803. The van der Waals surface area contributed by atoms with Crippen LogP contribution in [0.3, 0.4) is 0 Å². The fraction of sp³-hybridized carbons (Fsp3) is 0.600. The van der Waals surface area contributed by atoms with Crippen LogP contribution >= 0.6 is 27.5 Å². The first-order valence-electron chi connectivity index (χ1n) is 6.88. The Morgan fingerprint density at radius 2 is 1.89 bits per heavy atom. The van der Waals surface area contributed by atoms with Gasteiger partial charge in [-0.2, -0.15) is 0 Å². The van der Waals surface area contributed by atoms with Gasteiger partial charge in [-0.15, -0.1) is 0 Å². The number of benzene rings is 1. The van der Waals surface area contributed by atoms with Crippen molar-refractivity contribution in [3.05, 3.63) is 33.3 Å². The molecule has 3 rings (SSSR count). The Kier molecular flexibility index (Phi) is 3.97. The number of hydrogen-bond acceptors (Lipinski definition) is 1. The molecule has 2 aliphatic rings. The second-order valence-corrected chi connectivity index (χ2v) is 6.98. The molecule has 0 amide bonds. The molecule has 0 atom stereocenters. The molecular weight excluding hydrogens is 310 g/mol. The van der Waals surface area contributed by atoms with Crippen molar-refractivity contribution >= 4 is 27.5 Å². The van der Waals surface area contributed by atoms with Crippen molar-refractivity contribution in [2.75, 3.05) is 6.54 Å². The standard InChI is InChI=1S/C15H19BrClN/c16-14-6-1-10(7-15(14)17)8-18-9-13(11-2-3-11)12-4-5-12/h1,6-7,11-13,18H,2-5,8-9H2. The second kappa shape index (κ2) is 5.52. The van der Waals surface area contributed by atoms with Gasteiger partial charge in [-0.1, -0.05) is 17.7 Å². The molecule has 18 heavy (non-hydrogen) atoms. The second-order valence-electron chi connectivity index (χ2n) is 5.72. The maximum Gasteiger partial charge on any atom is 0.0551 e. The third-order valence-electron chi connectivity index (χ3n) is 4.15. The molecule has 0 unspecified atom stereocenters. The largest absolute Gasteiger partial charge is 0.312 e. The molecule has 2 saturated carbocycles. The third kappa shape index (κ3) is 3.28. The minimum atomic E-state index is 0.801. The lowest BCUT2D eigenvalue weighted by atomic mass is 9.98. The van der Waals surface area contributed by atoms with Crippen molar-refractivity contribution in [3.63, 3.8) is 0 Å². The van der Waals surface area contributed by atoms with Gasteiger partial charge in [0.1, 0.15) is 0 Å². The number of halogens is 2. The molecule has 0 bridgehead atoms. The highest BCUT2D eigenvalue weighted by atomic mass is 79.9. The summed E-state index contributed by atoms with van der Waals surface area (Å²) in [5.41, 5.74) is 1.27. The van der Waals surface area contributed by atoms with E-state index in [1.54, 1.807) is 0 Å². The van der Waals surface area contributed by atoms with Crippen molar-refractivity contribution in [1.82, 2.24) is 5.32 Å². The predicted octanol–water partition coefficient (Wildman–Crippen LogP) is 4.63. The first-order chi connectivity index (χ1) is 8.74. The van der Waals surface area contributed by atoms with E-state index in [1.165, 1.54) is 37.8 Å². The van der Waals surface area contributed by atoms with Crippen molar-refractivity contribution in [1.29, 1.82) is 0 Å². The molecule has 1 aromatic carbocycles. The molecule has 0 aromatic heterocycles. The van der Waals surface area contributed by atoms with Gasteiger partial charge >= 0.3 is 0 Å². The highest BCUT2D eigenvalue weighted by molar-refractivity contribution is 9.10. The molecule has 0 heterocycles. The van der Waals surface area contributed by atoms with Crippen molar-refractivity contribution in [2.24, 2.45) is 17.8 Å². The monoisotopic (exact) mass is 327 g/mol. The first-order valence-corrected chi connectivity index (χ1v) is 8.06. The van der Waals surface area contributed by atoms with Gasteiger partial charge in [0.15, 0.2) is 0 Å². The fourth-order valence-electron chi connectivity index (χ4n) is 2.80. The Bertz CT molecular complexity index is 415. The van der Waals surface area contributed by atoms with E-state index in [2.05, 4.69) is 27.3 Å². The zero-order chi connectivity index (χ0) is 12.5. The van der Waals surface area contributed by atoms with Gasteiger partial charge in [0.05, 0.1) is 5.02 Å². The first kappa shape index (κ1) is 13.0. The topological polar surface area (TPSA) is 12.0 Å². The van der Waals surface area contributed by atoms with Gasteiger partial charge in [-0.05, 0) is 83.6 Å². The van der Waals surface area contributed by atoms with E-state index in [0.717, 1.165) is 33.8 Å². The zero-order valence-electron chi connectivity index (χ0n) is 10.5. The van der Waals surface area contributed by atoms with Crippen LogP contribution in [-0.4, -0.2) is 6.54 Å². The average molecular weight is 329 g/mol. The lowest BCUT2D eigenvalue weighted by Crippen LogP contribution is -2.25. The molecule has 0 saturated heterocycles. The summed E-state index contributed by atoms with van der Waals surface area (Å²) >= 11 is 9.52. The summed E-state index contributed by atoms with van der Waals surface area (Å²) in [4.78, 5) is 0. The molecule has 0 spiro atoms. The molecule has 2 fully saturated rings. The lowest BCUT2D eigenvalue weighted by molar-refractivity contribution is 0.378. The Hall–Kier alpha value is -0.0500. The average Bonchev–Trinajstić information content (AvgIpc) is 3.22. The van der Waals surface area contributed by atoms with E-state index in [-0.39, 0.29) is 0 Å². The number of hydrogen-bond donors (Lipinski definition) is 1. The maximum absolute atomic E-state index is 6.10. The molecule has 1 aromatic rings. The summed E-state index contributed by atoms with van der Waals surface area (Å²) in [6.07, 6.45) is 5.86. The molecule has 3 heteroatoms. The SMILES string of the molecule is Clc1cc(CNCC(C2CC2)C2CC2)ccc1Br. The van der Waals surface area contributed by atoms with E-state index < -0.39 is 0 Å². The summed E-state index contributed by atoms with van der Waals surface area (Å²) in [6, 6.07) is 6.20. The van der Waals surface area contributed by atoms with Crippen LogP contribution < -0.4 is 5.32 Å². The summed E-state index contributed by atoms with van der Waals surface area (Å²) in [7, 11) is 0. The Labute approximate surface area is 122 Å². The summed E-state index contributed by atoms with van der Waals surface area (Å²) in [6.45, 7) is 2.12.